The van der Waals surface area contributed by atoms with Crippen LogP contribution < -0.4 is 5.32 Å². The molecule has 5 heteroatoms. The van der Waals surface area contributed by atoms with Gasteiger partial charge in [0.15, 0.2) is 0 Å². The molecular weight excluding hydrogens is 264 g/mol. The van der Waals surface area contributed by atoms with Gasteiger partial charge in [-0.3, -0.25) is 0 Å². The number of hydrogen-bond donors (Lipinski definition) is 2. The van der Waals surface area contributed by atoms with E-state index in [4.69, 9.17) is 0 Å². The average Bonchev–Trinajstić information content (AvgIpc) is 3.07. The molecule has 1 unspecified atom stereocenters. The van der Waals surface area contributed by atoms with E-state index in [0.29, 0.717) is 6.04 Å². The van der Waals surface area contributed by atoms with Gasteiger partial charge in [0.1, 0.15) is 0 Å². The van der Waals surface area contributed by atoms with E-state index in [1.54, 1.807) is 0 Å². The molecule has 2 aliphatic heterocycles. The zero-order valence-electron chi connectivity index (χ0n) is 12.0. The number of urea groups is 1. The number of piperazine rings is 1. The highest BCUT2D eigenvalue weighted by Crippen LogP contribution is 2.21. The molecule has 4 rings (SSSR count). The first kappa shape index (κ1) is 12.7. The van der Waals surface area contributed by atoms with Crippen LogP contribution in [0.25, 0.3) is 10.9 Å². The molecule has 0 saturated carbocycles. The second-order valence-corrected chi connectivity index (χ2v) is 5.89. The summed E-state index contributed by atoms with van der Waals surface area (Å²) in [6.45, 7) is 4.34. The molecular formula is C16H20N4O. The van der Waals surface area contributed by atoms with Crippen LogP contribution in [0.15, 0.2) is 30.5 Å². The number of para-hydroxylation sites is 1. The number of aromatic nitrogens is 1. The number of aromatic amines is 1. The van der Waals surface area contributed by atoms with Crippen LogP contribution in [0.2, 0.25) is 0 Å². The van der Waals surface area contributed by atoms with Crippen molar-refractivity contribution in [2.24, 2.45) is 0 Å². The zero-order chi connectivity index (χ0) is 14.2. The van der Waals surface area contributed by atoms with Crippen LogP contribution in [0.4, 0.5) is 4.79 Å². The molecule has 2 fully saturated rings. The molecule has 3 heterocycles. The third kappa shape index (κ3) is 2.17. The third-order valence-corrected chi connectivity index (χ3v) is 4.62. The van der Waals surface area contributed by atoms with Crippen molar-refractivity contribution in [1.29, 1.82) is 0 Å². The average molecular weight is 284 g/mol. The molecule has 21 heavy (non-hydrogen) atoms. The van der Waals surface area contributed by atoms with Gasteiger partial charge in [-0.25, -0.2) is 4.79 Å². The van der Waals surface area contributed by atoms with Gasteiger partial charge >= 0.3 is 6.03 Å². The predicted octanol–water partition coefficient (Wildman–Crippen LogP) is 1.42. The third-order valence-electron chi connectivity index (χ3n) is 4.62. The minimum atomic E-state index is 0.210. The molecule has 110 valence electrons. The Hall–Kier alpha value is -2.01. The Bertz CT molecular complexity index is 665. The van der Waals surface area contributed by atoms with Crippen molar-refractivity contribution in [3.63, 3.8) is 0 Å². The number of amides is 2. The van der Waals surface area contributed by atoms with E-state index < -0.39 is 0 Å². The standard InChI is InChI=1S/C16H20N4O/c21-16-19(11-13-10-17-6-8-20(13)16)7-5-12-9-18-15-4-2-1-3-14(12)15/h1-4,9,13,17-18H,5-8,10-11H2. The van der Waals surface area contributed by atoms with Crippen molar-refractivity contribution in [3.8, 4) is 0 Å². The molecule has 0 spiro atoms. The Morgan fingerprint density at radius 1 is 1.29 bits per heavy atom. The SMILES string of the molecule is O=C1N(CCc2c[nH]c3ccccc23)CC2CNCCN12. The quantitative estimate of drug-likeness (QED) is 0.895. The lowest BCUT2D eigenvalue weighted by Crippen LogP contribution is -2.49. The minimum absolute atomic E-state index is 0.210. The van der Waals surface area contributed by atoms with Crippen LogP contribution in [0.5, 0.6) is 0 Å². The molecule has 2 saturated heterocycles. The summed E-state index contributed by atoms with van der Waals surface area (Å²) in [7, 11) is 0. The van der Waals surface area contributed by atoms with E-state index in [0.717, 1.165) is 39.1 Å². The van der Waals surface area contributed by atoms with E-state index in [2.05, 4.69) is 34.7 Å². The summed E-state index contributed by atoms with van der Waals surface area (Å²) in [4.78, 5) is 19.7. The second kappa shape index (κ2) is 5.07. The molecule has 1 aromatic carbocycles. The number of nitrogens with zero attached hydrogens (tertiary/aromatic N) is 2. The van der Waals surface area contributed by atoms with Gasteiger partial charge < -0.3 is 20.1 Å². The number of carbonyl (C=O) groups excluding carboxylic acids is 1. The number of fused-ring (bicyclic) bond motifs is 2. The lowest BCUT2D eigenvalue weighted by atomic mass is 10.1. The van der Waals surface area contributed by atoms with Gasteiger partial charge in [0.05, 0.1) is 6.04 Å². The van der Waals surface area contributed by atoms with Gasteiger partial charge in [-0.1, -0.05) is 18.2 Å². The lowest BCUT2D eigenvalue weighted by Gasteiger charge is -2.28. The maximum Gasteiger partial charge on any atom is 0.320 e. The summed E-state index contributed by atoms with van der Waals surface area (Å²) in [6, 6.07) is 8.89. The van der Waals surface area contributed by atoms with E-state index in [1.165, 1.54) is 16.5 Å². The number of carbonyl (C=O) groups is 1. The van der Waals surface area contributed by atoms with Crippen molar-refractivity contribution in [1.82, 2.24) is 20.1 Å². The van der Waals surface area contributed by atoms with Crippen molar-refractivity contribution in [3.05, 3.63) is 36.0 Å². The van der Waals surface area contributed by atoms with Crippen LogP contribution in [-0.2, 0) is 6.42 Å². The Labute approximate surface area is 123 Å². The van der Waals surface area contributed by atoms with E-state index in [-0.39, 0.29) is 6.03 Å². The minimum Gasteiger partial charge on any atom is -0.361 e. The molecule has 0 bridgehead atoms. The van der Waals surface area contributed by atoms with E-state index >= 15 is 0 Å². The molecule has 0 aliphatic carbocycles. The molecule has 0 radical (unpaired) electrons. The van der Waals surface area contributed by atoms with Crippen molar-refractivity contribution in [2.45, 2.75) is 12.5 Å². The first-order valence-corrected chi connectivity index (χ1v) is 7.64. The van der Waals surface area contributed by atoms with Crippen LogP contribution in [-0.4, -0.2) is 59.6 Å². The Morgan fingerprint density at radius 3 is 3.10 bits per heavy atom. The Kier molecular flexibility index (Phi) is 3.07. The highest BCUT2D eigenvalue weighted by atomic mass is 16.2. The topological polar surface area (TPSA) is 51.4 Å². The smallest absolute Gasteiger partial charge is 0.320 e. The first-order valence-electron chi connectivity index (χ1n) is 7.64. The second-order valence-electron chi connectivity index (χ2n) is 5.89. The number of H-pyrrole nitrogens is 1. The van der Waals surface area contributed by atoms with Crippen molar-refractivity contribution >= 4 is 16.9 Å². The van der Waals surface area contributed by atoms with Gasteiger partial charge in [-0.2, -0.15) is 0 Å². The van der Waals surface area contributed by atoms with Crippen LogP contribution in [0.1, 0.15) is 5.56 Å². The van der Waals surface area contributed by atoms with Crippen LogP contribution in [0.3, 0.4) is 0 Å². The molecule has 5 nitrogen and oxygen atoms in total. The number of hydrogen-bond acceptors (Lipinski definition) is 2. The summed E-state index contributed by atoms with van der Waals surface area (Å²) >= 11 is 0. The van der Waals surface area contributed by atoms with Gasteiger partial charge in [-0.15, -0.1) is 0 Å². The van der Waals surface area contributed by atoms with Crippen LogP contribution >= 0.6 is 0 Å². The lowest BCUT2D eigenvalue weighted by molar-refractivity contribution is 0.179. The zero-order valence-corrected chi connectivity index (χ0v) is 12.0. The fourth-order valence-corrected chi connectivity index (χ4v) is 3.47. The highest BCUT2D eigenvalue weighted by Gasteiger charge is 2.37. The summed E-state index contributed by atoms with van der Waals surface area (Å²) in [5, 5.41) is 4.63. The molecule has 1 aromatic heterocycles. The summed E-state index contributed by atoms with van der Waals surface area (Å²) < 4.78 is 0. The maximum atomic E-state index is 12.4. The fourth-order valence-electron chi connectivity index (χ4n) is 3.47. The largest absolute Gasteiger partial charge is 0.361 e. The summed E-state index contributed by atoms with van der Waals surface area (Å²) in [5.41, 5.74) is 2.46. The predicted molar refractivity (Wildman–Crippen MR) is 82.3 cm³/mol. The van der Waals surface area contributed by atoms with Gasteiger partial charge in [-0.05, 0) is 18.1 Å². The molecule has 2 aliphatic rings. The molecule has 2 amide bonds. The van der Waals surface area contributed by atoms with Crippen molar-refractivity contribution in [2.75, 3.05) is 32.7 Å². The van der Waals surface area contributed by atoms with E-state index in [9.17, 15) is 4.79 Å². The van der Waals surface area contributed by atoms with Crippen LogP contribution in [0, 0.1) is 0 Å². The van der Waals surface area contributed by atoms with Gasteiger partial charge in [0.2, 0.25) is 0 Å². The normalized spacial score (nSPS) is 22.1. The summed E-state index contributed by atoms with van der Waals surface area (Å²) in [5.74, 6) is 0. The number of benzene rings is 1. The molecule has 2 N–H and O–H groups in total. The Morgan fingerprint density at radius 2 is 2.19 bits per heavy atom. The molecule has 2 aromatic rings. The number of rotatable bonds is 3. The van der Waals surface area contributed by atoms with Gasteiger partial charge in [0, 0.05) is 49.8 Å². The first-order chi connectivity index (χ1) is 10.3. The Balaban J connectivity index is 1.46. The molecule has 1 atom stereocenters. The van der Waals surface area contributed by atoms with E-state index in [1.807, 2.05) is 15.9 Å². The maximum absolute atomic E-state index is 12.4. The fraction of sp³-hybridized carbons (Fsp3) is 0.438. The highest BCUT2D eigenvalue weighted by molar-refractivity contribution is 5.83. The van der Waals surface area contributed by atoms with Crippen molar-refractivity contribution < 1.29 is 4.79 Å². The number of nitrogens with one attached hydrogen (secondary N) is 2. The monoisotopic (exact) mass is 284 g/mol. The van der Waals surface area contributed by atoms with Gasteiger partial charge in [0.25, 0.3) is 0 Å². The summed E-state index contributed by atoms with van der Waals surface area (Å²) in [6.07, 6.45) is 2.98.